The molecule has 278 valence electrons. The number of rotatable bonds is 19. The number of alkyl carbamates (subject to hydrolysis) is 1. The number of hydrogen-bond donors (Lipinski definition) is 7. The molecule has 13 heteroatoms. The fourth-order valence-electron chi connectivity index (χ4n) is 5.70. The van der Waals surface area contributed by atoms with Crippen molar-refractivity contribution in [1.82, 2.24) is 36.8 Å². The third kappa shape index (κ3) is 12.5. The van der Waals surface area contributed by atoms with Gasteiger partial charge in [-0.25, -0.2) is 15.2 Å². The van der Waals surface area contributed by atoms with Crippen LogP contribution in [-0.4, -0.2) is 69.2 Å². The number of fused-ring (bicyclic) bond motifs is 1. The van der Waals surface area contributed by atoms with E-state index in [0.717, 1.165) is 28.3 Å². The average Bonchev–Trinajstić information content (AvgIpc) is 3.65. The molecular weight excluding hydrogens is 662 g/mol. The molecule has 3 aromatic carbocycles. The van der Waals surface area contributed by atoms with Crippen LogP contribution >= 0.6 is 0 Å². The molecule has 4 aromatic rings. The van der Waals surface area contributed by atoms with Crippen LogP contribution in [-0.2, 0) is 38.6 Å². The highest BCUT2D eigenvalue weighted by molar-refractivity contribution is 5.93. The van der Waals surface area contributed by atoms with E-state index in [1.54, 1.807) is 6.20 Å². The molecule has 0 spiro atoms. The molecule has 0 saturated heterocycles. The van der Waals surface area contributed by atoms with E-state index in [4.69, 9.17) is 4.74 Å². The maximum absolute atomic E-state index is 14.1. The molecule has 5 atom stereocenters. The molecule has 0 aliphatic rings. The molecule has 0 bridgehead atoms. The number of aliphatic hydroxyl groups excluding tert-OH is 1. The Labute approximate surface area is 304 Å². The van der Waals surface area contributed by atoms with Crippen molar-refractivity contribution >= 4 is 34.6 Å². The Morgan fingerprint density at radius 1 is 0.846 bits per heavy atom. The molecule has 4 amide bonds. The van der Waals surface area contributed by atoms with Crippen LogP contribution in [0.3, 0.4) is 0 Å². The van der Waals surface area contributed by atoms with Crippen LogP contribution in [0.1, 0.15) is 63.8 Å². The molecule has 1 unspecified atom stereocenters. The highest BCUT2D eigenvalue weighted by Crippen LogP contribution is 2.20. The third-order valence-electron chi connectivity index (χ3n) is 8.72. The van der Waals surface area contributed by atoms with E-state index < -0.39 is 48.0 Å². The van der Waals surface area contributed by atoms with Gasteiger partial charge in [0, 0.05) is 30.8 Å². The van der Waals surface area contributed by atoms with Gasteiger partial charge in [-0.15, -0.1) is 0 Å². The first kappa shape index (κ1) is 39.5. The molecule has 1 heterocycles. The predicted molar refractivity (Wildman–Crippen MR) is 198 cm³/mol. The highest BCUT2D eigenvalue weighted by atomic mass is 16.5. The van der Waals surface area contributed by atoms with Gasteiger partial charge < -0.3 is 30.8 Å². The van der Waals surface area contributed by atoms with Gasteiger partial charge in [-0.3, -0.25) is 19.8 Å². The quantitative estimate of drug-likeness (QED) is 0.0715. The molecule has 52 heavy (non-hydrogen) atoms. The first-order valence-corrected chi connectivity index (χ1v) is 17.8. The van der Waals surface area contributed by atoms with Crippen molar-refractivity contribution < 1.29 is 29.0 Å². The summed E-state index contributed by atoms with van der Waals surface area (Å²) >= 11 is 0. The van der Waals surface area contributed by atoms with E-state index >= 15 is 0 Å². The lowest BCUT2D eigenvalue weighted by atomic mass is 9.96. The van der Waals surface area contributed by atoms with Crippen molar-refractivity contribution in [1.29, 1.82) is 0 Å². The van der Waals surface area contributed by atoms with E-state index in [1.165, 1.54) is 6.33 Å². The molecule has 4 rings (SSSR count). The Morgan fingerprint density at radius 3 is 2.25 bits per heavy atom. The number of carbonyl (C=O) groups is 4. The SMILES string of the molecule is CCC(C)NNC(=O)C[C@H](O)[C@H](CC(C)C)NC(=O)[C@H](Cc1cnc[nH]1)NC(=O)[C@@H](Cc1cccc2ccccc12)NC(=O)OCc1ccccc1. The van der Waals surface area contributed by atoms with Gasteiger partial charge in [-0.1, -0.05) is 93.6 Å². The number of ether oxygens (including phenoxy) is 1. The summed E-state index contributed by atoms with van der Waals surface area (Å²) in [6, 6.07) is 19.7. The molecule has 13 nitrogen and oxygen atoms in total. The maximum Gasteiger partial charge on any atom is 0.408 e. The molecule has 0 aliphatic heterocycles. The number of hydrazine groups is 1. The van der Waals surface area contributed by atoms with Crippen molar-refractivity contribution in [2.45, 2.75) is 96.7 Å². The maximum atomic E-state index is 14.1. The molecule has 0 saturated carbocycles. The van der Waals surface area contributed by atoms with Crippen molar-refractivity contribution in [2.24, 2.45) is 5.92 Å². The first-order chi connectivity index (χ1) is 25.0. The van der Waals surface area contributed by atoms with E-state index in [0.29, 0.717) is 12.1 Å². The summed E-state index contributed by atoms with van der Waals surface area (Å²) in [5.41, 5.74) is 7.68. The Bertz CT molecular complexity index is 1730. The second-order valence-electron chi connectivity index (χ2n) is 13.5. The van der Waals surface area contributed by atoms with Crippen LogP contribution in [0.2, 0.25) is 0 Å². The van der Waals surface area contributed by atoms with Crippen LogP contribution < -0.4 is 26.8 Å². The standard InChI is InChI=1S/C39H51N7O6/c1-5-26(4)45-46-36(48)21-35(47)32(18-25(2)3)42-38(50)34(20-30-22-40-24-41-30)43-37(49)33(44-39(51)52-23-27-12-7-6-8-13-27)19-29-16-11-15-28-14-9-10-17-31(28)29/h6-17,22,24-26,32-35,45,47H,5,18-21,23H2,1-4H3,(H,40,41)(H,42,50)(H,43,49)(H,44,51)(H,46,48)/t26?,32-,33+,34-,35-/m0/s1. The summed E-state index contributed by atoms with van der Waals surface area (Å²) in [7, 11) is 0. The summed E-state index contributed by atoms with van der Waals surface area (Å²) in [4.78, 5) is 60.8. The van der Waals surface area contributed by atoms with Crippen molar-refractivity contribution in [3.05, 3.63) is 102 Å². The van der Waals surface area contributed by atoms with Crippen LogP contribution in [0.4, 0.5) is 4.79 Å². The van der Waals surface area contributed by atoms with Gasteiger partial charge in [0.1, 0.15) is 18.7 Å². The molecule has 0 fully saturated rings. The minimum absolute atomic E-state index is 0.00537. The zero-order valence-corrected chi connectivity index (χ0v) is 30.2. The van der Waals surface area contributed by atoms with E-state index in [9.17, 15) is 24.3 Å². The van der Waals surface area contributed by atoms with Crippen molar-refractivity contribution in [3.63, 3.8) is 0 Å². The third-order valence-corrected chi connectivity index (χ3v) is 8.72. The molecule has 7 N–H and O–H groups in total. The molecule has 0 radical (unpaired) electrons. The molecule has 1 aromatic heterocycles. The second-order valence-corrected chi connectivity index (χ2v) is 13.5. The minimum Gasteiger partial charge on any atom is -0.445 e. The number of aromatic nitrogens is 2. The average molecular weight is 714 g/mol. The Morgan fingerprint density at radius 2 is 1.54 bits per heavy atom. The fourth-order valence-corrected chi connectivity index (χ4v) is 5.70. The monoisotopic (exact) mass is 713 g/mol. The van der Waals surface area contributed by atoms with Gasteiger partial charge in [-0.2, -0.15) is 0 Å². The second kappa shape index (κ2) is 19.9. The Hall–Kier alpha value is -5.27. The largest absolute Gasteiger partial charge is 0.445 e. The van der Waals surface area contributed by atoms with E-state index in [1.807, 2.05) is 100 Å². The lowest BCUT2D eigenvalue weighted by molar-refractivity contribution is -0.131. The Balaban J connectivity index is 1.54. The number of benzene rings is 3. The van der Waals surface area contributed by atoms with Crippen molar-refractivity contribution in [2.75, 3.05) is 0 Å². The Kier molecular flexibility index (Phi) is 15.2. The smallest absolute Gasteiger partial charge is 0.408 e. The molecular formula is C39H51N7O6. The lowest BCUT2D eigenvalue weighted by Crippen LogP contribution is -2.57. The first-order valence-electron chi connectivity index (χ1n) is 17.8. The van der Waals surface area contributed by atoms with Gasteiger partial charge in [-0.05, 0) is 47.6 Å². The van der Waals surface area contributed by atoms with E-state index in [2.05, 4.69) is 36.8 Å². The molecule has 0 aliphatic carbocycles. The van der Waals surface area contributed by atoms with Crippen LogP contribution in [0.5, 0.6) is 0 Å². The number of nitrogens with zero attached hydrogens (tertiary/aromatic N) is 1. The highest BCUT2D eigenvalue weighted by Gasteiger charge is 2.32. The number of H-pyrrole nitrogens is 1. The zero-order valence-electron chi connectivity index (χ0n) is 30.2. The summed E-state index contributed by atoms with van der Waals surface area (Å²) in [5, 5.41) is 21.5. The number of nitrogens with one attached hydrogen (secondary N) is 6. The lowest BCUT2D eigenvalue weighted by Gasteiger charge is -2.29. The van der Waals surface area contributed by atoms with Gasteiger partial charge in [0.2, 0.25) is 17.7 Å². The van der Waals surface area contributed by atoms with E-state index in [-0.39, 0.29) is 37.8 Å². The summed E-state index contributed by atoms with van der Waals surface area (Å²) in [6.07, 6.45) is 2.11. The normalized spacial score (nSPS) is 14.1. The van der Waals surface area contributed by atoms with Crippen LogP contribution in [0, 0.1) is 5.92 Å². The minimum atomic E-state index is -1.20. The summed E-state index contributed by atoms with van der Waals surface area (Å²) in [5.74, 6) is -1.53. The number of carbonyl (C=O) groups excluding carboxylic acids is 4. The van der Waals surface area contributed by atoms with Gasteiger partial charge in [0.25, 0.3) is 0 Å². The number of hydrogen-bond acceptors (Lipinski definition) is 8. The topological polar surface area (TPSA) is 187 Å². The zero-order chi connectivity index (χ0) is 37.5. The van der Waals surface area contributed by atoms with Crippen molar-refractivity contribution in [3.8, 4) is 0 Å². The van der Waals surface area contributed by atoms with Gasteiger partial charge >= 0.3 is 6.09 Å². The number of amides is 4. The summed E-state index contributed by atoms with van der Waals surface area (Å²) in [6.45, 7) is 7.79. The number of imidazole rings is 1. The van der Waals surface area contributed by atoms with Crippen LogP contribution in [0.15, 0.2) is 85.3 Å². The van der Waals surface area contributed by atoms with Gasteiger partial charge in [0.15, 0.2) is 0 Å². The number of aliphatic hydroxyl groups is 1. The summed E-state index contributed by atoms with van der Waals surface area (Å²) < 4.78 is 5.47. The van der Waals surface area contributed by atoms with Gasteiger partial charge in [0.05, 0.1) is 24.9 Å². The number of aromatic amines is 1. The van der Waals surface area contributed by atoms with Crippen LogP contribution in [0.25, 0.3) is 10.8 Å². The fraction of sp³-hybridized carbons (Fsp3) is 0.410. The predicted octanol–water partition coefficient (Wildman–Crippen LogP) is 3.83.